The first kappa shape index (κ1) is 36.1. The van der Waals surface area contributed by atoms with Crippen LogP contribution in [0.3, 0.4) is 0 Å². The van der Waals surface area contributed by atoms with Gasteiger partial charge in [0, 0.05) is 39.3 Å². The molecule has 0 aromatic heterocycles. The molecular formula is C62H39NO2. The van der Waals surface area contributed by atoms with Gasteiger partial charge in [0.1, 0.15) is 23.0 Å². The Morgan fingerprint density at radius 2 is 0.600 bits per heavy atom. The number of para-hydroxylation sites is 3. The number of hydrogen-bond acceptors (Lipinski definition) is 3. The fourth-order valence-corrected chi connectivity index (χ4v) is 11.8. The Kier molecular flexibility index (Phi) is 7.53. The van der Waals surface area contributed by atoms with Crippen molar-refractivity contribution >= 4 is 17.1 Å². The van der Waals surface area contributed by atoms with Crippen LogP contribution in [0.4, 0.5) is 17.1 Å². The van der Waals surface area contributed by atoms with Crippen molar-refractivity contribution in [3.05, 3.63) is 281 Å². The van der Waals surface area contributed by atoms with Crippen molar-refractivity contribution < 1.29 is 9.47 Å². The van der Waals surface area contributed by atoms with Crippen molar-refractivity contribution in [2.24, 2.45) is 0 Å². The number of nitrogens with zero attached hydrogens (tertiary/aromatic N) is 1. The second kappa shape index (κ2) is 13.6. The second-order valence-electron chi connectivity index (χ2n) is 17.5. The van der Waals surface area contributed by atoms with Crippen molar-refractivity contribution in [2.75, 3.05) is 4.90 Å². The summed E-state index contributed by atoms with van der Waals surface area (Å²) in [4.78, 5) is 2.43. The van der Waals surface area contributed by atoms with Crippen LogP contribution in [-0.4, -0.2) is 0 Å². The summed E-state index contributed by atoms with van der Waals surface area (Å²) in [7, 11) is 0. The monoisotopic (exact) mass is 829 g/mol. The lowest BCUT2D eigenvalue weighted by Gasteiger charge is -2.40. The van der Waals surface area contributed by atoms with E-state index in [1.54, 1.807) is 0 Å². The molecule has 304 valence electrons. The highest BCUT2D eigenvalue weighted by atomic mass is 16.5. The highest BCUT2D eigenvalue weighted by Gasteiger charge is 2.53. The summed E-state index contributed by atoms with van der Waals surface area (Å²) in [5, 5.41) is 0. The minimum atomic E-state index is -0.606. The van der Waals surface area contributed by atoms with E-state index >= 15 is 0 Å². The van der Waals surface area contributed by atoms with Gasteiger partial charge in [0.2, 0.25) is 0 Å². The molecule has 2 heterocycles. The summed E-state index contributed by atoms with van der Waals surface area (Å²) in [5.41, 5.74) is 18.9. The molecule has 0 bridgehead atoms. The zero-order chi connectivity index (χ0) is 42.7. The first-order chi connectivity index (χ1) is 32.2. The van der Waals surface area contributed by atoms with E-state index in [1.807, 2.05) is 0 Å². The van der Waals surface area contributed by atoms with E-state index in [4.69, 9.17) is 9.47 Å². The van der Waals surface area contributed by atoms with E-state index in [1.165, 1.54) is 55.6 Å². The Bertz CT molecular complexity index is 3480. The first-order valence-corrected chi connectivity index (χ1v) is 22.4. The molecule has 2 aliphatic carbocycles. The number of ether oxygens (including phenoxy) is 2. The van der Waals surface area contributed by atoms with E-state index in [0.717, 1.165) is 62.3 Å². The smallest absolute Gasteiger partial charge is 0.132 e. The lowest BCUT2D eigenvalue weighted by atomic mass is 9.66. The molecule has 0 unspecified atom stereocenters. The molecule has 0 atom stereocenters. The van der Waals surface area contributed by atoms with Gasteiger partial charge in [0.25, 0.3) is 0 Å². The fraction of sp³-hybridized carbons (Fsp3) is 0.0323. The van der Waals surface area contributed by atoms with Crippen LogP contribution in [0, 0.1) is 0 Å². The summed E-state index contributed by atoms with van der Waals surface area (Å²) in [6.07, 6.45) is 0. The molecule has 3 heteroatoms. The zero-order valence-electron chi connectivity index (χ0n) is 35.3. The first-order valence-electron chi connectivity index (χ1n) is 22.4. The van der Waals surface area contributed by atoms with Crippen molar-refractivity contribution in [2.45, 2.75) is 10.8 Å². The van der Waals surface area contributed by atoms with Gasteiger partial charge in [-0.3, -0.25) is 0 Å². The lowest BCUT2D eigenvalue weighted by molar-refractivity contribution is 0.436. The van der Waals surface area contributed by atoms with Crippen LogP contribution < -0.4 is 14.4 Å². The minimum Gasteiger partial charge on any atom is -0.457 e. The Hall–Kier alpha value is -8.40. The maximum Gasteiger partial charge on any atom is 0.132 e. The minimum absolute atomic E-state index is 0.602. The van der Waals surface area contributed by atoms with Gasteiger partial charge in [0.05, 0.1) is 10.8 Å². The van der Waals surface area contributed by atoms with Crippen LogP contribution in [0.2, 0.25) is 0 Å². The van der Waals surface area contributed by atoms with Crippen molar-refractivity contribution in [3.63, 3.8) is 0 Å². The summed E-state index contributed by atoms with van der Waals surface area (Å²) < 4.78 is 13.6. The average Bonchev–Trinajstić information content (AvgIpc) is 3.83. The highest BCUT2D eigenvalue weighted by molar-refractivity contribution is 5.93. The summed E-state index contributed by atoms with van der Waals surface area (Å²) in [6, 6.07) is 86.1. The third kappa shape index (κ3) is 4.84. The molecule has 0 radical (unpaired) electrons. The molecule has 0 saturated heterocycles. The number of benzene rings is 10. The predicted octanol–water partition coefficient (Wildman–Crippen LogP) is 15.8. The van der Waals surface area contributed by atoms with Gasteiger partial charge in [-0.05, 0) is 116 Å². The number of fused-ring (bicyclic) bond motifs is 18. The Balaban J connectivity index is 1.04. The maximum atomic E-state index is 6.91. The Labute approximate surface area is 378 Å². The summed E-state index contributed by atoms with van der Waals surface area (Å²) in [6.45, 7) is 0. The molecule has 0 N–H and O–H groups in total. The Morgan fingerprint density at radius 3 is 1.12 bits per heavy atom. The molecule has 0 amide bonds. The lowest BCUT2D eigenvalue weighted by Crippen LogP contribution is -2.32. The SMILES string of the molecule is c1ccc(-c2ccc(N(c3ccc4c(c3)C3(c5ccccc5O4)c4ccccc4-c4ccccc43)c3ccc4c(c3)C3(c5ccccc5Oc5ccccc53)c3ccccc3-4)cc2)cc1. The van der Waals surface area contributed by atoms with E-state index in [0.29, 0.717) is 0 Å². The number of hydrogen-bond donors (Lipinski definition) is 0. The molecule has 0 saturated carbocycles. The second-order valence-corrected chi connectivity index (χ2v) is 17.5. The Morgan fingerprint density at radius 1 is 0.246 bits per heavy atom. The zero-order valence-corrected chi connectivity index (χ0v) is 35.3. The molecule has 2 spiro atoms. The van der Waals surface area contributed by atoms with Gasteiger partial charge >= 0.3 is 0 Å². The quantitative estimate of drug-likeness (QED) is 0.176. The molecule has 65 heavy (non-hydrogen) atoms. The van der Waals surface area contributed by atoms with Crippen molar-refractivity contribution in [1.29, 1.82) is 0 Å². The van der Waals surface area contributed by atoms with Crippen molar-refractivity contribution in [1.82, 2.24) is 0 Å². The normalized spacial score (nSPS) is 14.3. The van der Waals surface area contributed by atoms with Gasteiger partial charge in [0.15, 0.2) is 0 Å². The third-order valence-electron chi connectivity index (χ3n) is 14.4. The summed E-state index contributed by atoms with van der Waals surface area (Å²) in [5.74, 6) is 3.50. The van der Waals surface area contributed by atoms with E-state index in [2.05, 4.69) is 241 Å². The van der Waals surface area contributed by atoms with Crippen LogP contribution in [0.25, 0.3) is 33.4 Å². The molecule has 2 aliphatic heterocycles. The molecule has 10 aromatic carbocycles. The molecule has 4 aliphatic rings. The average molecular weight is 830 g/mol. The van der Waals surface area contributed by atoms with Crippen LogP contribution in [-0.2, 0) is 10.8 Å². The number of rotatable bonds is 4. The van der Waals surface area contributed by atoms with Gasteiger partial charge in [-0.2, -0.15) is 0 Å². The topological polar surface area (TPSA) is 21.7 Å². The molecule has 14 rings (SSSR count). The summed E-state index contributed by atoms with van der Waals surface area (Å²) >= 11 is 0. The molecule has 10 aromatic rings. The number of anilines is 3. The van der Waals surface area contributed by atoms with Crippen LogP contribution in [0.5, 0.6) is 23.0 Å². The standard InChI is InChI=1S/C62H39NO2/c1-2-16-40(17-3-1)41-30-32-42(33-31-41)63(43-34-36-48-47-20-6-9-23-51(47)62(55(48)38-43)53-25-11-14-28-58(53)64-59-29-15-12-26-54(59)62)44-35-37-60-56(39-44)61(52-24-10-13-27-57(52)65-60)49-21-7-4-18-45(49)46-19-5-8-22-50(46)61/h1-39H. The van der Waals surface area contributed by atoms with E-state index in [9.17, 15) is 0 Å². The van der Waals surface area contributed by atoms with Crippen LogP contribution in [0.15, 0.2) is 237 Å². The largest absolute Gasteiger partial charge is 0.457 e. The van der Waals surface area contributed by atoms with Crippen LogP contribution in [0.1, 0.15) is 44.5 Å². The van der Waals surface area contributed by atoms with Gasteiger partial charge in [-0.25, -0.2) is 0 Å². The fourth-order valence-electron chi connectivity index (χ4n) is 11.8. The molecule has 3 nitrogen and oxygen atoms in total. The maximum absolute atomic E-state index is 6.91. The van der Waals surface area contributed by atoms with Gasteiger partial charge < -0.3 is 14.4 Å². The molecular weight excluding hydrogens is 791 g/mol. The van der Waals surface area contributed by atoms with Gasteiger partial charge in [-0.15, -0.1) is 0 Å². The third-order valence-corrected chi connectivity index (χ3v) is 14.4. The predicted molar refractivity (Wildman–Crippen MR) is 261 cm³/mol. The van der Waals surface area contributed by atoms with Crippen molar-refractivity contribution in [3.8, 4) is 56.4 Å². The van der Waals surface area contributed by atoms with E-state index < -0.39 is 10.8 Å². The van der Waals surface area contributed by atoms with Gasteiger partial charge in [-0.1, -0.05) is 176 Å². The van der Waals surface area contributed by atoms with Crippen LogP contribution >= 0.6 is 0 Å². The molecule has 0 fully saturated rings. The highest BCUT2D eigenvalue weighted by Crippen LogP contribution is 2.65. The van der Waals surface area contributed by atoms with E-state index in [-0.39, 0.29) is 0 Å².